The lowest BCUT2D eigenvalue weighted by molar-refractivity contribution is -0.122. The number of hydrogen-bond donors (Lipinski definition) is 2. The highest BCUT2D eigenvalue weighted by Crippen LogP contribution is 2.25. The molecule has 0 aromatic carbocycles. The average molecular weight is 324 g/mol. The molecule has 0 aliphatic heterocycles. The summed E-state index contributed by atoms with van der Waals surface area (Å²) in [5.41, 5.74) is 0.481. The van der Waals surface area contributed by atoms with Gasteiger partial charge in [-0.05, 0) is 32.2 Å². The van der Waals surface area contributed by atoms with Crippen LogP contribution in [-0.4, -0.2) is 22.0 Å². The van der Waals surface area contributed by atoms with Crippen molar-refractivity contribution in [3.63, 3.8) is 0 Å². The van der Waals surface area contributed by atoms with Gasteiger partial charge in [-0.2, -0.15) is 0 Å². The second-order valence-electron chi connectivity index (χ2n) is 4.74. The van der Waals surface area contributed by atoms with E-state index < -0.39 is 5.97 Å². The summed E-state index contributed by atoms with van der Waals surface area (Å²) in [6.45, 7) is 5.32. The summed E-state index contributed by atoms with van der Waals surface area (Å²) in [7, 11) is 0. The first kappa shape index (κ1) is 15.7. The van der Waals surface area contributed by atoms with Gasteiger partial charge in [-0.25, -0.2) is 9.78 Å². The minimum atomic E-state index is -0.985. The van der Waals surface area contributed by atoms with Gasteiger partial charge in [-0.15, -0.1) is 22.7 Å². The van der Waals surface area contributed by atoms with Gasteiger partial charge in [0.25, 0.3) is 0 Å². The number of aryl methyl sites for hydroxylation is 1. The Morgan fingerprint density at radius 2 is 2.10 bits per heavy atom. The fourth-order valence-electron chi connectivity index (χ4n) is 1.87. The van der Waals surface area contributed by atoms with Crippen molar-refractivity contribution in [3.05, 3.63) is 38.0 Å². The maximum Gasteiger partial charge on any atom is 0.347 e. The number of carboxylic acid groups (broad SMARTS) is 1. The molecule has 7 heteroatoms. The van der Waals surface area contributed by atoms with Gasteiger partial charge in [0.15, 0.2) is 0 Å². The van der Waals surface area contributed by atoms with E-state index in [-0.39, 0.29) is 22.7 Å². The topological polar surface area (TPSA) is 79.3 Å². The van der Waals surface area contributed by atoms with Crippen LogP contribution in [0.25, 0.3) is 0 Å². The molecule has 5 nitrogen and oxygen atoms in total. The lowest BCUT2D eigenvalue weighted by Crippen LogP contribution is -2.30. The largest absolute Gasteiger partial charge is 0.477 e. The molecule has 0 fully saturated rings. The molecule has 112 valence electrons. The number of hydrogen-bond acceptors (Lipinski definition) is 5. The van der Waals surface area contributed by atoms with Crippen LogP contribution < -0.4 is 5.32 Å². The molecule has 0 radical (unpaired) electrons. The maximum absolute atomic E-state index is 12.2. The third kappa shape index (κ3) is 3.48. The summed E-state index contributed by atoms with van der Waals surface area (Å²) >= 11 is 2.65. The van der Waals surface area contributed by atoms with Gasteiger partial charge >= 0.3 is 5.97 Å². The molecule has 2 rings (SSSR count). The van der Waals surface area contributed by atoms with Crippen LogP contribution in [0, 0.1) is 6.92 Å². The van der Waals surface area contributed by atoms with Gasteiger partial charge in [0.05, 0.1) is 17.7 Å². The highest BCUT2D eigenvalue weighted by molar-refractivity contribution is 7.13. The highest BCUT2D eigenvalue weighted by Gasteiger charge is 2.22. The second kappa shape index (κ2) is 6.36. The minimum Gasteiger partial charge on any atom is -0.477 e. The summed E-state index contributed by atoms with van der Waals surface area (Å²) in [6.07, 6.45) is 0. The number of rotatable bonds is 5. The fraction of sp³-hybridized carbons (Fsp3) is 0.357. The van der Waals surface area contributed by atoms with Crippen molar-refractivity contribution in [2.75, 3.05) is 0 Å². The Balaban J connectivity index is 2.07. The van der Waals surface area contributed by atoms with Gasteiger partial charge in [0, 0.05) is 4.88 Å². The summed E-state index contributed by atoms with van der Waals surface area (Å²) < 4.78 is 0. The van der Waals surface area contributed by atoms with Crippen molar-refractivity contribution >= 4 is 34.6 Å². The van der Waals surface area contributed by atoms with Crippen LogP contribution in [0.5, 0.6) is 0 Å². The van der Waals surface area contributed by atoms with Crippen LogP contribution in [0.1, 0.15) is 51.1 Å². The first-order valence-electron chi connectivity index (χ1n) is 6.44. The van der Waals surface area contributed by atoms with E-state index in [4.69, 9.17) is 5.11 Å². The summed E-state index contributed by atoms with van der Waals surface area (Å²) in [5, 5.41) is 14.5. The number of nitrogens with one attached hydrogen (secondary N) is 1. The number of carbonyl (C=O) groups is 2. The molecule has 21 heavy (non-hydrogen) atoms. The smallest absolute Gasteiger partial charge is 0.347 e. The predicted molar refractivity (Wildman–Crippen MR) is 83.1 cm³/mol. The van der Waals surface area contributed by atoms with E-state index in [9.17, 15) is 9.59 Å². The van der Waals surface area contributed by atoms with Crippen LogP contribution in [0.3, 0.4) is 0 Å². The molecule has 2 atom stereocenters. The fourth-order valence-corrected chi connectivity index (χ4v) is 3.56. The first-order chi connectivity index (χ1) is 9.90. The average Bonchev–Trinajstić information content (AvgIpc) is 3.06. The number of thiazole rings is 1. The summed E-state index contributed by atoms with van der Waals surface area (Å²) in [5.74, 6) is -1.30. The zero-order valence-electron chi connectivity index (χ0n) is 11.9. The number of aromatic carboxylic acids is 1. The number of carboxylic acids is 1. The van der Waals surface area contributed by atoms with Crippen molar-refractivity contribution < 1.29 is 14.7 Å². The third-order valence-corrected chi connectivity index (χ3v) is 5.48. The third-order valence-electron chi connectivity index (χ3n) is 3.10. The van der Waals surface area contributed by atoms with Crippen molar-refractivity contribution in [1.82, 2.24) is 10.3 Å². The van der Waals surface area contributed by atoms with Gasteiger partial charge in [0.1, 0.15) is 9.88 Å². The molecule has 0 spiro atoms. The van der Waals surface area contributed by atoms with Crippen molar-refractivity contribution in [1.29, 1.82) is 0 Å². The maximum atomic E-state index is 12.2. The Hall–Kier alpha value is -1.73. The van der Waals surface area contributed by atoms with E-state index in [0.717, 1.165) is 16.2 Å². The number of thiophene rings is 1. The zero-order chi connectivity index (χ0) is 15.6. The van der Waals surface area contributed by atoms with Crippen LogP contribution in [0.4, 0.5) is 0 Å². The van der Waals surface area contributed by atoms with Gasteiger partial charge < -0.3 is 10.4 Å². The molecule has 2 heterocycles. The SMILES string of the molecule is Cc1nc(C(C)NC(=O)C(C)c2cccs2)sc1C(=O)O. The van der Waals surface area contributed by atoms with E-state index in [1.807, 2.05) is 31.4 Å². The van der Waals surface area contributed by atoms with Crippen molar-refractivity contribution in [2.45, 2.75) is 32.7 Å². The standard InChI is InChI=1S/C14H16N2O3S2/c1-7(10-5-4-6-20-10)12(17)15-9(3)13-16-8(2)11(21-13)14(18)19/h4-7,9H,1-3H3,(H,15,17)(H,18,19). The van der Waals surface area contributed by atoms with Gasteiger partial charge in [0.2, 0.25) is 5.91 Å². The number of amides is 1. The molecular formula is C14H16N2O3S2. The molecule has 2 N–H and O–H groups in total. The van der Waals surface area contributed by atoms with Crippen molar-refractivity contribution in [3.8, 4) is 0 Å². The van der Waals surface area contributed by atoms with E-state index in [2.05, 4.69) is 10.3 Å². The summed E-state index contributed by atoms with van der Waals surface area (Å²) in [6, 6.07) is 3.53. The molecule has 2 aromatic rings. The molecule has 0 saturated heterocycles. The second-order valence-corrected chi connectivity index (χ2v) is 6.75. The monoisotopic (exact) mass is 324 g/mol. The van der Waals surface area contributed by atoms with Gasteiger partial charge in [-0.3, -0.25) is 4.79 Å². The van der Waals surface area contributed by atoms with Crippen LogP contribution in [0.15, 0.2) is 17.5 Å². The van der Waals surface area contributed by atoms with E-state index in [1.165, 1.54) is 0 Å². The van der Waals surface area contributed by atoms with Crippen LogP contribution in [-0.2, 0) is 4.79 Å². The Kier molecular flexibility index (Phi) is 4.74. The molecule has 2 aromatic heterocycles. The molecule has 0 saturated carbocycles. The minimum absolute atomic E-state index is 0.0883. The van der Waals surface area contributed by atoms with Gasteiger partial charge in [-0.1, -0.05) is 6.07 Å². The van der Waals surface area contributed by atoms with Crippen LogP contribution in [0.2, 0.25) is 0 Å². The molecular weight excluding hydrogens is 308 g/mol. The van der Waals surface area contributed by atoms with Crippen LogP contribution >= 0.6 is 22.7 Å². The normalized spacial score (nSPS) is 13.7. The highest BCUT2D eigenvalue weighted by atomic mass is 32.1. The molecule has 1 amide bonds. The molecule has 2 unspecified atom stereocenters. The molecule has 0 aliphatic rings. The summed E-state index contributed by atoms with van der Waals surface area (Å²) in [4.78, 5) is 28.7. The number of carbonyl (C=O) groups excluding carboxylic acids is 1. The Morgan fingerprint density at radius 1 is 1.38 bits per heavy atom. The first-order valence-corrected chi connectivity index (χ1v) is 8.14. The van der Waals surface area contributed by atoms with E-state index in [0.29, 0.717) is 10.7 Å². The Morgan fingerprint density at radius 3 is 2.62 bits per heavy atom. The predicted octanol–water partition coefficient (Wildman–Crippen LogP) is 3.19. The Bertz CT molecular complexity index is 649. The number of nitrogens with zero attached hydrogens (tertiary/aromatic N) is 1. The number of aromatic nitrogens is 1. The van der Waals surface area contributed by atoms with E-state index in [1.54, 1.807) is 18.3 Å². The molecule has 0 bridgehead atoms. The molecule has 0 aliphatic carbocycles. The quantitative estimate of drug-likeness (QED) is 0.885. The van der Waals surface area contributed by atoms with E-state index >= 15 is 0 Å². The lowest BCUT2D eigenvalue weighted by atomic mass is 10.1. The zero-order valence-corrected chi connectivity index (χ0v) is 13.5. The Labute approximate surface area is 130 Å². The lowest BCUT2D eigenvalue weighted by Gasteiger charge is -2.15. The van der Waals surface area contributed by atoms with Crippen molar-refractivity contribution in [2.24, 2.45) is 0 Å².